The Bertz CT molecular complexity index is 644. The summed E-state index contributed by atoms with van der Waals surface area (Å²) in [5, 5.41) is 12.5. The highest BCUT2D eigenvalue weighted by Crippen LogP contribution is 2.25. The van der Waals surface area contributed by atoms with E-state index in [2.05, 4.69) is 10.1 Å². The second-order valence-corrected chi connectivity index (χ2v) is 5.15. The summed E-state index contributed by atoms with van der Waals surface area (Å²) in [5.41, 5.74) is 2.46. The van der Waals surface area contributed by atoms with E-state index in [0.29, 0.717) is 12.1 Å². The zero-order valence-electron chi connectivity index (χ0n) is 12.6. The van der Waals surface area contributed by atoms with Gasteiger partial charge < -0.3 is 15.2 Å². The van der Waals surface area contributed by atoms with Gasteiger partial charge in [-0.2, -0.15) is 0 Å². The minimum absolute atomic E-state index is 0.0544. The van der Waals surface area contributed by atoms with Crippen molar-refractivity contribution in [1.29, 1.82) is 0 Å². The Labute approximate surface area is 132 Å². The Morgan fingerprint density at radius 2 is 1.78 bits per heavy atom. The molecular formula is C17H18F3NO2. The van der Waals surface area contributed by atoms with Crippen molar-refractivity contribution in [2.24, 2.45) is 0 Å². The molecule has 1 unspecified atom stereocenters. The summed E-state index contributed by atoms with van der Waals surface area (Å²) in [4.78, 5) is 0. The lowest BCUT2D eigenvalue weighted by Gasteiger charge is -2.17. The predicted octanol–water partition coefficient (Wildman–Crippen LogP) is 3.93. The maximum absolute atomic E-state index is 12.3. The van der Waals surface area contributed by atoms with Gasteiger partial charge >= 0.3 is 6.36 Å². The van der Waals surface area contributed by atoms with Crippen molar-refractivity contribution in [3.63, 3.8) is 0 Å². The Hall–Kier alpha value is -2.05. The molecule has 2 aromatic carbocycles. The van der Waals surface area contributed by atoms with Gasteiger partial charge in [0.2, 0.25) is 0 Å². The predicted molar refractivity (Wildman–Crippen MR) is 80.7 cm³/mol. The number of hydrogen-bond acceptors (Lipinski definition) is 3. The van der Waals surface area contributed by atoms with Crippen molar-refractivity contribution >= 4 is 0 Å². The summed E-state index contributed by atoms with van der Waals surface area (Å²) < 4.78 is 40.7. The maximum atomic E-state index is 12.3. The van der Waals surface area contributed by atoms with Gasteiger partial charge in [0.1, 0.15) is 5.75 Å². The lowest BCUT2D eigenvalue weighted by Crippen LogP contribution is -2.20. The van der Waals surface area contributed by atoms with Crippen LogP contribution in [-0.4, -0.2) is 11.5 Å². The second kappa shape index (κ2) is 7.48. The van der Waals surface area contributed by atoms with Crippen molar-refractivity contribution in [1.82, 2.24) is 5.32 Å². The van der Waals surface area contributed by atoms with Gasteiger partial charge in [-0.25, -0.2) is 0 Å². The number of alkyl halides is 3. The number of benzene rings is 2. The van der Waals surface area contributed by atoms with Crippen LogP contribution < -0.4 is 10.1 Å². The van der Waals surface area contributed by atoms with Crippen molar-refractivity contribution in [2.75, 3.05) is 0 Å². The summed E-state index contributed by atoms with van der Waals surface area (Å²) >= 11 is 0. The Balaban J connectivity index is 2.03. The summed E-state index contributed by atoms with van der Waals surface area (Å²) in [6.07, 6.45) is -4.70. The summed E-state index contributed by atoms with van der Waals surface area (Å²) in [6.45, 7) is 2.30. The minimum Gasteiger partial charge on any atom is -0.406 e. The summed E-state index contributed by atoms with van der Waals surface area (Å²) in [5.74, 6) is -0.237. The molecule has 0 bridgehead atoms. The van der Waals surface area contributed by atoms with E-state index >= 15 is 0 Å². The highest BCUT2D eigenvalue weighted by molar-refractivity contribution is 5.31. The molecule has 1 atom stereocenters. The molecule has 6 heteroatoms. The van der Waals surface area contributed by atoms with Gasteiger partial charge in [-0.05, 0) is 35.7 Å². The molecule has 0 aliphatic rings. The highest BCUT2D eigenvalue weighted by Gasteiger charge is 2.31. The molecule has 0 spiro atoms. The van der Waals surface area contributed by atoms with Crippen LogP contribution in [0.2, 0.25) is 0 Å². The van der Waals surface area contributed by atoms with Crippen molar-refractivity contribution in [3.05, 3.63) is 65.2 Å². The van der Waals surface area contributed by atoms with E-state index in [1.54, 1.807) is 6.07 Å². The third-order valence-electron chi connectivity index (χ3n) is 3.48. The molecular weight excluding hydrogens is 307 g/mol. The molecule has 0 radical (unpaired) electrons. The van der Waals surface area contributed by atoms with E-state index in [1.807, 2.05) is 31.2 Å². The summed E-state index contributed by atoms with van der Waals surface area (Å²) in [6, 6.07) is 13.2. The zero-order valence-corrected chi connectivity index (χ0v) is 12.6. The van der Waals surface area contributed by atoms with Crippen LogP contribution in [-0.2, 0) is 13.2 Å². The normalized spacial score (nSPS) is 12.9. The smallest absolute Gasteiger partial charge is 0.406 e. The van der Waals surface area contributed by atoms with Crippen molar-refractivity contribution in [3.8, 4) is 5.75 Å². The fraction of sp³-hybridized carbons (Fsp3) is 0.294. The monoisotopic (exact) mass is 325 g/mol. The van der Waals surface area contributed by atoms with E-state index in [4.69, 9.17) is 0 Å². The number of aliphatic hydroxyl groups is 1. The van der Waals surface area contributed by atoms with E-state index in [-0.39, 0.29) is 18.4 Å². The second-order valence-electron chi connectivity index (χ2n) is 5.15. The van der Waals surface area contributed by atoms with Crippen LogP contribution in [0.5, 0.6) is 5.75 Å². The van der Waals surface area contributed by atoms with Gasteiger partial charge in [-0.15, -0.1) is 13.2 Å². The van der Waals surface area contributed by atoms with Gasteiger partial charge in [0.05, 0.1) is 6.61 Å². The van der Waals surface area contributed by atoms with Crippen molar-refractivity contribution < 1.29 is 23.0 Å². The Morgan fingerprint density at radius 3 is 2.43 bits per heavy atom. The minimum atomic E-state index is -4.70. The molecule has 3 nitrogen and oxygen atoms in total. The highest BCUT2D eigenvalue weighted by atomic mass is 19.4. The Kier molecular flexibility index (Phi) is 5.63. The van der Waals surface area contributed by atoms with E-state index in [1.165, 1.54) is 18.2 Å². The molecule has 124 valence electrons. The molecule has 2 rings (SSSR count). The third kappa shape index (κ3) is 5.26. The first kappa shape index (κ1) is 17.3. The average molecular weight is 325 g/mol. The molecule has 2 aromatic rings. The van der Waals surface area contributed by atoms with Gasteiger partial charge in [-0.3, -0.25) is 0 Å². The van der Waals surface area contributed by atoms with Crippen molar-refractivity contribution in [2.45, 2.75) is 32.5 Å². The molecule has 23 heavy (non-hydrogen) atoms. The van der Waals surface area contributed by atoms with Gasteiger partial charge in [-0.1, -0.05) is 36.4 Å². The Morgan fingerprint density at radius 1 is 1.09 bits per heavy atom. The summed E-state index contributed by atoms with van der Waals surface area (Å²) in [7, 11) is 0. The molecule has 0 aromatic heterocycles. The fourth-order valence-electron chi connectivity index (χ4n) is 2.25. The molecule has 0 fully saturated rings. The van der Waals surface area contributed by atoms with E-state index in [9.17, 15) is 18.3 Å². The first-order chi connectivity index (χ1) is 10.9. The van der Waals surface area contributed by atoms with Crippen LogP contribution in [0.3, 0.4) is 0 Å². The molecule has 0 aliphatic carbocycles. The first-order valence-electron chi connectivity index (χ1n) is 7.16. The zero-order chi connectivity index (χ0) is 16.9. The van der Waals surface area contributed by atoms with Gasteiger partial charge in [0.15, 0.2) is 0 Å². The quantitative estimate of drug-likeness (QED) is 0.845. The number of aliphatic hydroxyl groups excluding tert-OH is 1. The molecule has 0 amide bonds. The lowest BCUT2D eigenvalue weighted by molar-refractivity contribution is -0.274. The maximum Gasteiger partial charge on any atom is 0.573 e. The van der Waals surface area contributed by atoms with Crippen LogP contribution in [0.25, 0.3) is 0 Å². The van der Waals surface area contributed by atoms with Crippen LogP contribution in [0.1, 0.15) is 29.7 Å². The van der Waals surface area contributed by atoms with Gasteiger partial charge in [0, 0.05) is 12.6 Å². The lowest BCUT2D eigenvalue weighted by atomic mass is 10.1. The number of hydrogen-bond donors (Lipinski definition) is 2. The molecule has 0 saturated heterocycles. The van der Waals surface area contributed by atoms with Crippen LogP contribution in [0.15, 0.2) is 48.5 Å². The number of rotatable bonds is 6. The number of ether oxygens (including phenoxy) is 1. The van der Waals surface area contributed by atoms with E-state index < -0.39 is 6.36 Å². The standard InChI is InChI=1S/C17H18F3NO2/c1-12(21-10-14-5-2-3-6-15(14)11-22)13-7-4-8-16(9-13)23-17(18,19)20/h2-9,12,21-22H,10-11H2,1H3. The molecule has 0 aliphatic heterocycles. The largest absolute Gasteiger partial charge is 0.573 e. The third-order valence-corrected chi connectivity index (χ3v) is 3.48. The molecule has 0 heterocycles. The number of halogens is 3. The molecule has 0 saturated carbocycles. The van der Waals surface area contributed by atoms with Gasteiger partial charge in [0.25, 0.3) is 0 Å². The molecule has 2 N–H and O–H groups in total. The van der Waals surface area contributed by atoms with E-state index in [0.717, 1.165) is 11.1 Å². The topological polar surface area (TPSA) is 41.5 Å². The van der Waals surface area contributed by atoms with Crippen LogP contribution in [0.4, 0.5) is 13.2 Å². The SMILES string of the molecule is CC(NCc1ccccc1CO)c1cccc(OC(F)(F)F)c1. The van der Waals surface area contributed by atoms with Crippen LogP contribution >= 0.6 is 0 Å². The average Bonchev–Trinajstić information content (AvgIpc) is 2.51. The van der Waals surface area contributed by atoms with Crippen LogP contribution in [0, 0.1) is 0 Å². The number of nitrogens with one attached hydrogen (secondary N) is 1. The fourth-order valence-corrected chi connectivity index (χ4v) is 2.25. The first-order valence-corrected chi connectivity index (χ1v) is 7.16.